The third kappa shape index (κ3) is 6.59. The molecule has 3 fully saturated rings. The summed E-state index contributed by atoms with van der Waals surface area (Å²) >= 11 is 14.9. The molecule has 1 heterocycles. The molecule has 1 aliphatic heterocycles. The van der Waals surface area contributed by atoms with Crippen molar-refractivity contribution in [1.29, 1.82) is 0 Å². The maximum Gasteiger partial charge on any atom is 0.326 e. The van der Waals surface area contributed by atoms with Crippen LogP contribution in [0.2, 0.25) is 10.0 Å². The number of nitrogens with one attached hydrogen (secondary N) is 1. The smallest absolute Gasteiger partial charge is 0.326 e. The Hall–Kier alpha value is -2.33. The number of likely N-dealkylation sites (tertiary alicyclic amines) is 1. The second kappa shape index (κ2) is 12.0. The van der Waals surface area contributed by atoms with Crippen molar-refractivity contribution in [3.05, 3.63) is 96.5 Å². The van der Waals surface area contributed by atoms with E-state index in [0.29, 0.717) is 28.1 Å². The lowest BCUT2D eigenvalue weighted by atomic mass is 9.79. The van der Waals surface area contributed by atoms with Gasteiger partial charge in [0.15, 0.2) is 0 Å². The van der Waals surface area contributed by atoms with E-state index in [1.165, 1.54) is 5.56 Å². The fourth-order valence-electron chi connectivity index (χ4n) is 6.06. The third-order valence-corrected chi connectivity index (χ3v) is 9.76. The molecule has 3 aromatic rings. The predicted molar refractivity (Wildman–Crippen MR) is 173 cm³/mol. The first kappa shape index (κ1) is 29.7. The Labute approximate surface area is 269 Å². The third-order valence-electron chi connectivity index (χ3n) is 8.43. The van der Waals surface area contributed by atoms with E-state index in [9.17, 15) is 14.7 Å². The summed E-state index contributed by atoms with van der Waals surface area (Å²) in [6, 6.07) is 19.2. The van der Waals surface area contributed by atoms with E-state index in [2.05, 4.69) is 64.0 Å². The van der Waals surface area contributed by atoms with Crippen molar-refractivity contribution in [3.63, 3.8) is 0 Å². The maximum absolute atomic E-state index is 13.1. The normalized spacial score (nSPS) is 19.4. The van der Waals surface area contributed by atoms with Crippen LogP contribution in [0.15, 0.2) is 60.7 Å². The highest BCUT2D eigenvalue weighted by atomic mass is 127. The van der Waals surface area contributed by atoms with Gasteiger partial charge in [-0.15, -0.1) is 0 Å². The number of hydrogen-bond acceptors (Lipinski definition) is 4. The lowest BCUT2D eigenvalue weighted by Crippen LogP contribution is -2.58. The molecule has 1 amide bonds. The van der Waals surface area contributed by atoms with Crippen LogP contribution in [0, 0.1) is 14.9 Å². The molecule has 0 aromatic heterocycles. The van der Waals surface area contributed by atoms with Gasteiger partial charge in [0.2, 0.25) is 0 Å². The van der Waals surface area contributed by atoms with Gasteiger partial charge in [-0.3, -0.25) is 9.69 Å². The van der Waals surface area contributed by atoms with Crippen molar-refractivity contribution in [3.8, 4) is 5.75 Å². The van der Waals surface area contributed by atoms with Crippen LogP contribution in [0.25, 0.3) is 0 Å². The number of nitrogens with zero attached hydrogens (tertiary/aromatic N) is 1. The zero-order chi connectivity index (χ0) is 29.6. The Morgan fingerprint density at radius 3 is 2.29 bits per heavy atom. The lowest BCUT2D eigenvalue weighted by molar-refractivity contribution is -0.139. The predicted octanol–water partition coefficient (Wildman–Crippen LogP) is 7.56. The molecule has 0 radical (unpaired) electrons. The van der Waals surface area contributed by atoms with Crippen LogP contribution >= 0.6 is 45.8 Å². The van der Waals surface area contributed by atoms with Gasteiger partial charge in [0, 0.05) is 32.1 Å². The highest BCUT2D eigenvalue weighted by molar-refractivity contribution is 14.1. The molecule has 6 nitrogen and oxygen atoms in total. The summed E-state index contributed by atoms with van der Waals surface area (Å²) in [4.78, 5) is 27.2. The molecule has 3 aromatic carbocycles. The van der Waals surface area contributed by atoms with Crippen LogP contribution in [0.4, 0.5) is 0 Å². The summed E-state index contributed by atoms with van der Waals surface area (Å²) in [6.45, 7) is 4.46. The van der Waals surface area contributed by atoms with Crippen LogP contribution in [-0.4, -0.2) is 47.6 Å². The van der Waals surface area contributed by atoms with Crippen molar-refractivity contribution in [2.24, 2.45) is 11.3 Å². The highest BCUT2D eigenvalue weighted by Gasteiger charge is 2.44. The van der Waals surface area contributed by atoms with E-state index in [1.54, 1.807) is 6.07 Å². The summed E-state index contributed by atoms with van der Waals surface area (Å²) in [5, 5.41) is 13.6. The molecule has 9 heteroatoms. The molecule has 0 bridgehead atoms. The number of carboxylic acid groups (broad SMARTS) is 1. The van der Waals surface area contributed by atoms with Crippen LogP contribution in [0.5, 0.6) is 5.75 Å². The number of carbonyl (C=O) groups is 2. The monoisotopic (exact) mass is 718 g/mol. The number of benzene rings is 3. The number of carboxylic acids is 1. The van der Waals surface area contributed by atoms with Crippen LogP contribution in [-0.2, 0) is 4.79 Å². The molecular formula is C33H33Cl2IN2O4. The Kier molecular flexibility index (Phi) is 8.48. The van der Waals surface area contributed by atoms with Gasteiger partial charge in [-0.25, -0.2) is 4.79 Å². The zero-order valence-electron chi connectivity index (χ0n) is 23.3. The van der Waals surface area contributed by atoms with Crippen molar-refractivity contribution in [2.75, 3.05) is 19.7 Å². The summed E-state index contributed by atoms with van der Waals surface area (Å²) in [5.41, 5.74) is 3.74. The van der Waals surface area contributed by atoms with Crippen molar-refractivity contribution < 1.29 is 19.4 Å². The van der Waals surface area contributed by atoms with Crippen molar-refractivity contribution >= 4 is 57.7 Å². The van der Waals surface area contributed by atoms with Gasteiger partial charge in [0.1, 0.15) is 11.8 Å². The van der Waals surface area contributed by atoms with E-state index in [4.69, 9.17) is 27.9 Å². The van der Waals surface area contributed by atoms with Crippen LogP contribution in [0.1, 0.15) is 71.6 Å². The summed E-state index contributed by atoms with van der Waals surface area (Å²) in [7, 11) is 0. The van der Waals surface area contributed by atoms with Crippen molar-refractivity contribution in [1.82, 2.24) is 10.2 Å². The van der Waals surface area contributed by atoms with Gasteiger partial charge in [0.25, 0.3) is 5.91 Å². The number of ether oxygens (including phenoxy) is 1. The van der Waals surface area contributed by atoms with Gasteiger partial charge >= 0.3 is 5.97 Å². The van der Waals surface area contributed by atoms with Gasteiger partial charge in [-0.2, -0.15) is 0 Å². The molecule has 2 atom stereocenters. The number of rotatable bonds is 11. The average molecular weight is 719 g/mol. The molecule has 2 aliphatic carbocycles. The molecule has 6 rings (SSSR count). The van der Waals surface area contributed by atoms with E-state index < -0.39 is 12.0 Å². The van der Waals surface area contributed by atoms with E-state index in [1.807, 2.05) is 30.3 Å². The molecule has 2 saturated carbocycles. The number of aliphatic carboxylic acids is 1. The number of hydrogen-bond donors (Lipinski definition) is 2. The Balaban J connectivity index is 1.16. The molecule has 0 unspecified atom stereocenters. The molecule has 42 heavy (non-hydrogen) atoms. The van der Waals surface area contributed by atoms with E-state index >= 15 is 0 Å². The van der Waals surface area contributed by atoms with Gasteiger partial charge in [-0.1, -0.05) is 60.5 Å². The lowest BCUT2D eigenvalue weighted by Gasteiger charge is -2.51. The Bertz CT molecular complexity index is 1480. The minimum absolute atomic E-state index is 0.0229. The van der Waals surface area contributed by atoms with Crippen LogP contribution < -0.4 is 10.1 Å². The van der Waals surface area contributed by atoms with Crippen molar-refractivity contribution in [2.45, 2.75) is 50.6 Å². The minimum Gasteiger partial charge on any atom is -0.493 e. The van der Waals surface area contributed by atoms with Gasteiger partial charge < -0.3 is 15.2 Å². The first-order chi connectivity index (χ1) is 20.1. The molecule has 3 aliphatic rings. The largest absolute Gasteiger partial charge is 0.493 e. The SMILES string of the molecule is CC1(COc2cc(I)c(C(=O)N[C@H](C(=O)O)C3CC3)cc2C2CC2)CN([C@@H](c2ccccc2)c2cc(Cl)cc(Cl)c2)C1. The Morgan fingerprint density at radius 2 is 1.69 bits per heavy atom. The zero-order valence-corrected chi connectivity index (χ0v) is 27.0. The highest BCUT2D eigenvalue weighted by Crippen LogP contribution is 2.47. The summed E-state index contributed by atoms with van der Waals surface area (Å²) in [5.74, 6) is -0.102. The van der Waals surface area contributed by atoms with E-state index in [-0.39, 0.29) is 23.3 Å². The molecular weight excluding hydrogens is 686 g/mol. The average Bonchev–Trinajstić information content (AvgIpc) is 3.84. The second-order valence-corrected chi connectivity index (χ2v) is 14.3. The molecule has 220 valence electrons. The minimum atomic E-state index is -0.973. The first-order valence-electron chi connectivity index (χ1n) is 14.4. The fraction of sp³-hybridized carbons (Fsp3) is 0.394. The molecule has 0 spiro atoms. The number of halogens is 3. The number of amides is 1. The van der Waals surface area contributed by atoms with Crippen LogP contribution in [0.3, 0.4) is 0 Å². The molecule has 2 N–H and O–H groups in total. The fourth-order valence-corrected chi connectivity index (χ4v) is 7.28. The summed E-state index contributed by atoms with van der Waals surface area (Å²) in [6.07, 6.45) is 3.79. The van der Waals surface area contributed by atoms with Gasteiger partial charge in [0.05, 0.1) is 18.2 Å². The number of carbonyl (C=O) groups excluding carboxylic acids is 1. The van der Waals surface area contributed by atoms with E-state index in [0.717, 1.165) is 59.2 Å². The molecule has 1 saturated heterocycles. The topological polar surface area (TPSA) is 78.9 Å². The maximum atomic E-state index is 13.1. The first-order valence-corrected chi connectivity index (χ1v) is 16.2. The Morgan fingerprint density at radius 1 is 1.02 bits per heavy atom. The second-order valence-electron chi connectivity index (χ2n) is 12.3. The quantitative estimate of drug-likeness (QED) is 0.200. The summed E-state index contributed by atoms with van der Waals surface area (Å²) < 4.78 is 7.26. The standard InChI is InChI=1S/C33H33Cl2IN2O4/c1-33(16-38(17-33)30(21-5-3-2-4-6-21)22-11-23(34)13-24(35)12-22)18-42-28-15-27(36)26(14-25(28)19-7-8-19)31(39)37-29(32(40)41)20-9-10-20/h2-6,11-15,19-20,29-30H,7-10,16-18H2,1H3,(H,37,39)(H,40,41)/t29-,30-/m0/s1. The van der Waals surface area contributed by atoms with Gasteiger partial charge in [-0.05, 0) is 107 Å².